The summed E-state index contributed by atoms with van der Waals surface area (Å²) in [6.07, 6.45) is 7.92. The van der Waals surface area contributed by atoms with Gasteiger partial charge in [-0.2, -0.15) is 11.3 Å². The van der Waals surface area contributed by atoms with E-state index in [-0.39, 0.29) is 17.4 Å². The van der Waals surface area contributed by atoms with E-state index in [9.17, 15) is 9.59 Å². The Bertz CT molecular complexity index is 902. The molecule has 3 aromatic heterocycles. The van der Waals surface area contributed by atoms with E-state index in [1.165, 1.54) is 5.56 Å². The first kappa shape index (κ1) is 18.2. The lowest BCUT2D eigenvalue weighted by atomic mass is 9.85. The summed E-state index contributed by atoms with van der Waals surface area (Å²) in [6, 6.07) is 2.09. The summed E-state index contributed by atoms with van der Waals surface area (Å²) in [5, 5.41) is 12.3. The van der Waals surface area contributed by atoms with Gasteiger partial charge in [0.25, 0.3) is 0 Å². The number of hydrogen-bond donors (Lipinski definition) is 2. The summed E-state index contributed by atoms with van der Waals surface area (Å²) < 4.78 is 2.00. The van der Waals surface area contributed by atoms with E-state index < -0.39 is 0 Å². The molecule has 0 aromatic carbocycles. The number of amides is 2. The van der Waals surface area contributed by atoms with E-state index in [0.29, 0.717) is 25.8 Å². The van der Waals surface area contributed by atoms with Crippen LogP contribution in [0.2, 0.25) is 0 Å². The number of nitrogens with one attached hydrogen (secondary N) is 2. The van der Waals surface area contributed by atoms with Crippen LogP contribution in [0.25, 0.3) is 4.96 Å². The summed E-state index contributed by atoms with van der Waals surface area (Å²) in [6.45, 7) is 0.577. The van der Waals surface area contributed by atoms with Crippen LogP contribution < -0.4 is 10.6 Å². The average Bonchev–Trinajstić information content (AvgIpc) is 3.39. The van der Waals surface area contributed by atoms with Crippen molar-refractivity contribution in [1.29, 1.82) is 0 Å². The molecule has 1 atom stereocenters. The highest BCUT2D eigenvalue weighted by atomic mass is 32.1. The van der Waals surface area contributed by atoms with Gasteiger partial charge in [-0.3, -0.25) is 14.0 Å². The van der Waals surface area contributed by atoms with E-state index in [0.717, 1.165) is 29.9 Å². The third-order valence-electron chi connectivity index (χ3n) is 5.03. The Morgan fingerprint density at radius 1 is 1.41 bits per heavy atom. The normalized spacial score (nSPS) is 19.5. The van der Waals surface area contributed by atoms with Gasteiger partial charge in [0.1, 0.15) is 0 Å². The molecule has 1 aliphatic rings. The van der Waals surface area contributed by atoms with Gasteiger partial charge in [-0.1, -0.05) is 0 Å². The quantitative estimate of drug-likeness (QED) is 0.608. The summed E-state index contributed by atoms with van der Waals surface area (Å²) in [5.74, 6) is 0.118. The summed E-state index contributed by atoms with van der Waals surface area (Å²) in [7, 11) is 0. The highest BCUT2D eigenvalue weighted by molar-refractivity contribution is 7.15. The molecule has 1 fully saturated rings. The first-order chi connectivity index (χ1) is 13.1. The molecule has 1 saturated heterocycles. The smallest absolute Gasteiger partial charge is 0.220 e. The van der Waals surface area contributed by atoms with Gasteiger partial charge in [0.2, 0.25) is 11.8 Å². The van der Waals surface area contributed by atoms with E-state index in [4.69, 9.17) is 0 Å². The number of fused-ring (bicyclic) bond motifs is 1. The fourth-order valence-electron chi connectivity index (χ4n) is 3.63. The van der Waals surface area contributed by atoms with Gasteiger partial charge >= 0.3 is 0 Å². The van der Waals surface area contributed by atoms with Gasteiger partial charge in [-0.05, 0) is 41.7 Å². The van der Waals surface area contributed by atoms with Gasteiger partial charge in [0.15, 0.2) is 4.96 Å². The minimum atomic E-state index is -0.288. The average molecular weight is 403 g/mol. The second kappa shape index (κ2) is 7.82. The molecule has 2 N–H and O–H groups in total. The third-order valence-corrected chi connectivity index (χ3v) is 6.54. The predicted octanol–water partition coefficient (Wildman–Crippen LogP) is 2.79. The van der Waals surface area contributed by atoms with Crippen molar-refractivity contribution >= 4 is 39.4 Å². The van der Waals surface area contributed by atoms with Crippen LogP contribution >= 0.6 is 22.7 Å². The van der Waals surface area contributed by atoms with Crippen LogP contribution in [0.1, 0.15) is 36.9 Å². The molecule has 1 unspecified atom stereocenters. The monoisotopic (exact) mass is 402 g/mol. The van der Waals surface area contributed by atoms with Crippen LogP contribution in [0.15, 0.2) is 34.6 Å². The molecule has 1 aliphatic heterocycles. The van der Waals surface area contributed by atoms with E-state index in [1.807, 2.05) is 27.6 Å². The first-order valence-electron chi connectivity index (χ1n) is 9.12. The van der Waals surface area contributed by atoms with Gasteiger partial charge in [-0.15, -0.1) is 11.3 Å². The first-order valence-corrected chi connectivity index (χ1v) is 10.9. The molecular formula is C19H22N4O2S2. The number of aromatic nitrogens is 2. The molecular weight excluding hydrogens is 380 g/mol. The van der Waals surface area contributed by atoms with Gasteiger partial charge in [-0.25, -0.2) is 4.98 Å². The number of imidazole rings is 1. The highest BCUT2D eigenvalue weighted by Gasteiger charge is 2.37. The molecule has 0 spiro atoms. The Morgan fingerprint density at radius 3 is 3.07 bits per heavy atom. The second-order valence-electron chi connectivity index (χ2n) is 7.06. The maximum absolute atomic E-state index is 12.3. The zero-order valence-electron chi connectivity index (χ0n) is 14.9. The lowest BCUT2D eigenvalue weighted by Gasteiger charge is -2.29. The Hall–Kier alpha value is -2.19. The van der Waals surface area contributed by atoms with Crippen molar-refractivity contribution < 1.29 is 9.59 Å². The topological polar surface area (TPSA) is 75.5 Å². The van der Waals surface area contributed by atoms with Crippen LogP contribution in [-0.4, -0.2) is 33.3 Å². The van der Waals surface area contributed by atoms with Crippen molar-refractivity contribution in [2.45, 2.75) is 44.1 Å². The molecule has 0 bridgehead atoms. The third kappa shape index (κ3) is 4.39. The molecule has 0 radical (unpaired) electrons. The molecule has 8 heteroatoms. The molecule has 2 amide bonds. The summed E-state index contributed by atoms with van der Waals surface area (Å²) in [4.78, 5) is 29.6. The molecule has 0 aliphatic carbocycles. The molecule has 27 heavy (non-hydrogen) atoms. The van der Waals surface area contributed by atoms with Crippen LogP contribution in [0.5, 0.6) is 0 Å². The van der Waals surface area contributed by atoms with Crippen LogP contribution in [-0.2, 0) is 22.4 Å². The number of carbonyl (C=O) groups excluding carboxylic acids is 2. The zero-order valence-corrected chi connectivity index (χ0v) is 16.6. The minimum Gasteiger partial charge on any atom is -0.356 e. The number of nitrogens with zero attached hydrogens (tertiary/aromatic N) is 2. The van der Waals surface area contributed by atoms with Gasteiger partial charge in [0, 0.05) is 49.1 Å². The van der Waals surface area contributed by atoms with Crippen LogP contribution in [0, 0.1) is 0 Å². The van der Waals surface area contributed by atoms with Crippen molar-refractivity contribution in [1.82, 2.24) is 20.0 Å². The van der Waals surface area contributed by atoms with Crippen molar-refractivity contribution in [2.75, 3.05) is 6.54 Å². The number of rotatable bonds is 8. The van der Waals surface area contributed by atoms with E-state index in [2.05, 4.69) is 27.1 Å². The fraction of sp³-hybridized carbons (Fsp3) is 0.421. The summed E-state index contributed by atoms with van der Waals surface area (Å²) >= 11 is 3.26. The number of carbonyl (C=O) groups is 2. The summed E-state index contributed by atoms with van der Waals surface area (Å²) in [5.41, 5.74) is 1.92. The lowest BCUT2D eigenvalue weighted by Crippen LogP contribution is -2.44. The SMILES string of the molecule is O=C(CCC1(Cc2ccsc2)CCC(=O)N1)NCCc1cn2ccsc2n1. The van der Waals surface area contributed by atoms with E-state index in [1.54, 1.807) is 22.7 Å². The van der Waals surface area contributed by atoms with Gasteiger partial charge < -0.3 is 10.6 Å². The molecule has 4 rings (SSSR count). The number of thiophene rings is 1. The second-order valence-corrected chi connectivity index (χ2v) is 8.71. The van der Waals surface area contributed by atoms with Crippen molar-refractivity contribution in [2.24, 2.45) is 0 Å². The van der Waals surface area contributed by atoms with Crippen LogP contribution in [0.4, 0.5) is 0 Å². The molecule has 4 heterocycles. The Morgan fingerprint density at radius 2 is 2.33 bits per heavy atom. The number of thiazole rings is 1. The molecule has 142 valence electrons. The Kier molecular flexibility index (Phi) is 5.27. The molecule has 3 aromatic rings. The minimum absolute atomic E-state index is 0.0295. The highest BCUT2D eigenvalue weighted by Crippen LogP contribution is 2.30. The van der Waals surface area contributed by atoms with Crippen molar-refractivity contribution in [3.05, 3.63) is 45.9 Å². The standard InChI is InChI=1S/C19H22N4O2S2/c24-16(20-7-3-15-12-23-8-10-27-18(23)21-15)1-5-19(6-2-17(25)22-19)11-14-4-9-26-13-14/h4,8-10,12-13H,1-3,5-7,11H2,(H,20,24)(H,22,25). The zero-order chi connectivity index (χ0) is 18.7. The van der Waals surface area contributed by atoms with Gasteiger partial charge in [0.05, 0.1) is 5.69 Å². The fourth-order valence-corrected chi connectivity index (χ4v) is 5.02. The Labute approximate surface area is 165 Å². The molecule has 0 saturated carbocycles. The van der Waals surface area contributed by atoms with E-state index >= 15 is 0 Å². The van der Waals surface area contributed by atoms with Crippen molar-refractivity contribution in [3.63, 3.8) is 0 Å². The Balaban J connectivity index is 1.26. The number of hydrogen-bond acceptors (Lipinski definition) is 5. The maximum Gasteiger partial charge on any atom is 0.220 e. The predicted molar refractivity (Wildman–Crippen MR) is 107 cm³/mol. The van der Waals surface area contributed by atoms with Crippen molar-refractivity contribution in [3.8, 4) is 0 Å². The molecule has 6 nitrogen and oxygen atoms in total. The lowest BCUT2D eigenvalue weighted by molar-refractivity contribution is -0.122. The largest absolute Gasteiger partial charge is 0.356 e. The van der Waals surface area contributed by atoms with Crippen LogP contribution in [0.3, 0.4) is 0 Å². The maximum atomic E-state index is 12.3.